The Hall–Kier alpha value is -0.610. The number of hydrogen-bond donors (Lipinski definition) is 0. The monoisotopic (exact) mass is 357 g/mol. The van der Waals surface area contributed by atoms with Crippen molar-refractivity contribution in [2.75, 3.05) is 11.9 Å². The average molecular weight is 359 g/mol. The number of fused-ring (bicyclic) bond motifs is 1. The van der Waals surface area contributed by atoms with Gasteiger partial charge in [-0.05, 0) is 62.9 Å². The van der Waals surface area contributed by atoms with Crippen molar-refractivity contribution < 1.29 is 4.79 Å². The highest BCUT2D eigenvalue weighted by Gasteiger charge is 2.45. The normalized spacial score (nSPS) is 22.6. The summed E-state index contributed by atoms with van der Waals surface area (Å²) in [6.07, 6.45) is 1.90. The van der Waals surface area contributed by atoms with Gasteiger partial charge in [0.05, 0.1) is 14.5 Å². The summed E-state index contributed by atoms with van der Waals surface area (Å²) in [5.74, 6) is 0.0956. The first kappa shape index (κ1) is 12.8. The van der Waals surface area contributed by atoms with E-state index in [2.05, 4.69) is 31.9 Å². The molecule has 17 heavy (non-hydrogen) atoms. The van der Waals surface area contributed by atoms with Crippen molar-refractivity contribution in [2.24, 2.45) is 0 Å². The minimum atomic E-state index is -0.599. The molecule has 2 nitrogen and oxygen atoms in total. The fourth-order valence-corrected chi connectivity index (χ4v) is 3.36. The zero-order valence-electron chi connectivity index (χ0n) is 9.92. The second-order valence-electron chi connectivity index (χ2n) is 4.47. The van der Waals surface area contributed by atoms with Crippen molar-refractivity contribution >= 4 is 43.5 Å². The lowest BCUT2D eigenvalue weighted by atomic mass is 9.83. The topological polar surface area (TPSA) is 20.3 Å². The lowest BCUT2D eigenvalue weighted by Crippen LogP contribution is -2.34. The van der Waals surface area contributed by atoms with Crippen LogP contribution in [0.5, 0.6) is 0 Å². The average Bonchev–Trinajstić information content (AvgIpc) is 2.42. The molecular weight excluding hydrogens is 346 g/mol. The van der Waals surface area contributed by atoms with Gasteiger partial charge in [-0.25, -0.2) is 0 Å². The largest absolute Gasteiger partial charge is 0.314 e. The van der Waals surface area contributed by atoms with Crippen molar-refractivity contribution in [1.29, 1.82) is 0 Å². The Balaban J connectivity index is 2.72. The molecule has 0 N–H and O–H groups in total. The highest BCUT2D eigenvalue weighted by Crippen LogP contribution is 2.44. The van der Waals surface area contributed by atoms with Gasteiger partial charge in [0.2, 0.25) is 5.91 Å². The maximum Gasteiger partial charge on any atom is 0.241 e. The number of benzene rings is 1. The number of amides is 1. The SMILES string of the molecule is Cc1cccc2c1N(C)C(=O)C2(C)C=C(Br)Br. The highest BCUT2D eigenvalue weighted by molar-refractivity contribution is 9.28. The van der Waals surface area contributed by atoms with Gasteiger partial charge in [-0.2, -0.15) is 0 Å². The molecule has 1 aliphatic heterocycles. The summed E-state index contributed by atoms with van der Waals surface area (Å²) in [5, 5.41) is 0. The molecule has 0 saturated heterocycles. The molecule has 1 amide bonds. The lowest BCUT2D eigenvalue weighted by molar-refractivity contribution is -0.120. The zero-order chi connectivity index (χ0) is 12.8. The summed E-state index contributed by atoms with van der Waals surface area (Å²) >= 11 is 6.69. The number of aryl methyl sites for hydroxylation is 1. The predicted molar refractivity (Wildman–Crippen MR) is 77.9 cm³/mol. The van der Waals surface area contributed by atoms with Crippen molar-refractivity contribution in [3.05, 3.63) is 38.8 Å². The van der Waals surface area contributed by atoms with Crippen molar-refractivity contribution in [2.45, 2.75) is 19.3 Å². The lowest BCUT2D eigenvalue weighted by Gasteiger charge is -2.18. The molecule has 0 saturated carbocycles. The standard InChI is InChI=1S/C13H13Br2NO/c1-8-5-4-6-9-11(8)16(3)12(17)13(9,2)7-10(14)15/h4-7H,1-3H3. The number of likely N-dealkylation sites (N-methyl/N-ethyl adjacent to an activating group) is 1. The van der Waals surface area contributed by atoms with Gasteiger partial charge in [-0.3, -0.25) is 4.79 Å². The van der Waals surface area contributed by atoms with Gasteiger partial charge in [-0.15, -0.1) is 0 Å². The highest BCUT2D eigenvalue weighted by atomic mass is 79.9. The summed E-state index contributed by atoms with van der Waals surface area (Å²) in [6, 6.07) is 6.04. The smallest absolute Gasteiger partial charge is 0.241 e. The van der Waals surface area contributed by atoms with Crippen LogP contribution in [0.15, 0.2) is 27.7 Å². The molecule has 1 aromatic rings. The number of nitrogens with zero attached hydrogens (tertiary/aromatic N) is 1. The Kier molecular flexibility index (Phi) is 3.21. The Bertz CT molecular complexity index is 520. The van der Waals surface area contributed by atoms with Crippen LogP contribution >= 0.6 is 31.9 Å². The van der Waals surface area contributed by atoms with Crippen LogP contribution in [-0.2, 0) is 10.2 Å². The number of para-hydroxylation sites is 1. The minimum absolute atomic E-state index is 0.0956. The van der Waals surface area contributed by atoms with Crippen LogP contribution in [0.2, 0.25) is 0 Å². The molecule has 2 rings (SSSR count). The number of anilines is 1. The minimum Gasteiger partial charge on any atom is -0.314 e. The number of hydrogen-bond acceptors (Lipinski definition) is 1. The van der Waals surface area contributed by atoms with Crippen molar-refractivity contribution in [3.8, 4) is 0 Å². The molecule has 0 bridgehead atoms. The first-order chi connectivity index (χ1) is 7.88. The molecule has 1 aliphatic rings. The third-order valence-corrected chi connectivity index (χ3v) is 3.74. The number of halogens is 2. The molecule has 1 unspecified atom stereocenters. The molecule has 1 atom stereocenters. The fraction of sp³-hybridized carbons (Fsp3) is 0.308. The predicted octanol–water partition coefficient (Wildman–Crippen LogP) is 3.86. The molecule has 1 heterocycles. The Morgan fingerprint density at radius 1 is 1.41 bits per heavy atom. The van der Waals surface area contributed by atoms with E-state index in [-0.39, 0.29) is 5.91 Å². The number of rotatable bonds is 1. The van der Waals surface area contributed by atoms with Crippen molar-refractivity contribution in [3.63, 3.8) is 0 Å². The molecule has 90 valence electrons. The van der Waals surface area contributed by atoms with Gasteiger partial charge < -0.3 is 4.90 Å². The van der Waals surface area contributed by atoms with Crippen LogP contribution in [0.25, 0.3) is 0 Å². The van der Waals surface area contributed by atoms with Gasteiger partial charge in [0.1, 0.15) is 0 Å². The number of carbonyl (C=O) groups excluding carboxylic acids is 1. The molecule has 0 radical (unpaired) electrons. The first-order valence-electron chi connectivity index (χ1n) is 5.30. The van der Waals surface area contributed by atoms with E-state index in [1.807, 2.05) is 45.2 Å². The van der Waals surface area contributed by atoms with E-state index in [1.165, 1.54) is 0 Å². The maximum absolute atomic E-state index is 12.4. The third kappa shape index (κ3) is 1.87. The Morgan fingerprint density at radius 2 is 2.06 bits per heavy atom. The van der Waals surface area contributed by atoms with Crippen LogP contribution in [0, 0.1) is 6.92 Å². The van der Waals surface area contributed by atoms with E-state index >= 15 is 0 Å². The van der Waals surface area contributed by atoms with E-state index in [4.69, 9.17) is 0 Å². The van der Waals surface area contributed by atoms with Crippen LogP contribution in [0.3, 0.4) is 0 Å². The third-order valence-electron chi connectivity index (χ3n) is 3.28. The molecule has 0 spiro atoms. The second kappa shape index (κ2) is 4.25. The van der Waals surface area contributed by atoms with Crippen molar-refractivity contribution in [1.82, 2.24) is 0 Å². The van der Waals surface area contributed by atoms with E-state index in [9.17, 15) is 4.79 Å². The molecule has 0 fully saturated rings. The van der Waals surface area contributed by atoms with Gasteiger partial charge in [-0.1, -0.05) is 18.2 Å². The van der Waals surface area contributed by atoms with Crippen LogP contribution in [0.1, 0.15) is 18.1 Å². The molecule has 1 aromatic carbocycles. The van der Waals surface area contributed by atoms with E-state index < -0.39 is 5.41 Å². The molecule has 0 aliphatic carbocycles. The molecular formula is C13H13Br2NO. The van der Waals surface area contributed by atoms with E-state index in [0.717, 1.165) is 20.2 Å². The zero-order valence-corrected chi connectivity index (χ0v) is 13.1. The fourth-order valence-electron chi connectivity index (χ4n) is 2.45. The second-order valence-corrected chi connectivity index (χ2v) is 7.24. The van der Waals surface area contributed by atoms with Crippen LogP contribution in [-0.4, -0.2) is 13.0 Å². The van der Waals surface area contributed by atoms with E-state index in [1.54, 1.807) is 4.90 Å². The van der Waals surface area contributed by atoms with Gasteiger partial charge in [0.15, 0.2) is 0 Å². The summed E-state index contributed by atoms with van der Waals surface area (Å²) < 4.78 is 0.795. The summed E-state index contributed by atoms with van der Waals surface area (Å²) in [6.45, 7) is 3.97. The Labute approximate surface area is 118 Å². The summed E-state index contributed by atoms with van der Waals surface area (Å²) in [4.78, 5) is 14.2. The van der Waals surface area contributed by atoms with Gasteiger partial charge in [0.25, 0.3) is 0 Å². The first-order valence-corrected chi connectivity index (χ1v) is 6.88. The number of carbonyl (C=O) groups is 1. The molecule has 4 heteroatoms. The quantitative estimate of drug-likeness (QED) is 0.746. The van der Waals surface area contributed by atoms with Gasteiger partial charge in [0, 0.05) is 7.05 Å². The molecule has 0 aromatic heterocycles. The summed E-state index contributed by atoms with van der Waals surface area (Å²) in [5.41, 5.74) is 2.61. The summed E-state index contributed by atoms with van der Waals surface area (Å²) in [7, 11) is 1.83. The maximum atomic E-state index is 12.4. The Morgan fingerprint density at radius 3 is 2.65 bits per heavy atom. The van der Waals surface area contributed by atoms with Crippen LogP contribution < -0.4 is 4.90 Å². The van der Waals surface area contributed by atoms with Crippen LogP contribution in [0.4, 0.5) is 5.69 Å². The van der Waals surface area contributed by atoms with Gasteiger partial charge >= 0.3 is 0 Å². The van der Waals surface area contributed by atoms with E-state index in [0.29, 0.717) is 0 Å².